The van der Waals surface area contributed by atoms with Crippen molar-refractivity contribution < 1.29 is 0 Å². The normalized spacial score (nSPS) is 11.9. The highest BCUT2D eigenvalue weighted by Gasteiger charge is 2.29. The van der Waals surface area contributed by atoms with Gasteiger partial charge in [-0.25, -0.2) is 4.98 Å². The molecule has 7 aromatic carbocycles. The van der Waals surface area contributed by atoms with Gasteiger partial charge in [-0.1, -0.05) is 164 Å². The molecule has 0 atom stereocenters. The summed E-state index contributed by atoms with van der Waals surface area (Å²) in [7, 11) is 0. The van der Waals surface area contributed by atoms with Crippen LogP contribution in [-0.4, -0.2) is 18.9 Å². The number of fused-ring (bicyclic) bond motifs is 5. The van der Waals surface area contributed by atoms with Gasteiger partial charge in [0, 0.05) is 23.0 Å². The van der Waals surface area contributed by atoms with Crippen molar-refractivity contribution in [2.75, 3.05) is 0 Å². The minimum atomic E-state index is 0.875. The summed E-state index contributed by atoms with van der Waals surface area (Å²) in [4.78, 5) is 10.3. The number of rotatable bonds is 9. The topological polar surface area (TPSA) is 35.1 Å². The van der Waals surface area contributed by atoms with E-state index in [2.05, 4.69) is 211 Å². The van der Waals surface area contributed by atoms with Crippen molar-refractivity contribution in [3.05, 3.63) is 225 Å². The van der Waals surface area contributed by atoms with Gasteiger partial charge in [0.25, 0.3) is 0 Å². The van der Waals surface area contributed by atoms with E-state index in [0.717, 1.165) is 100 Å². The van der Waals surface area contributed by atoms with Crippen LogP contribution in [0.15, 0.2) is 219 Å². The van der Waals surface area contributed by atoms with Crippen LogP contribution in [0.2, 0.25) is 0 Å². The van der Waals surface area contributed by atoms with E-state index in [1.807, 2.05) is 24.4 Å². The van der Waals surface area contributed by atoms with Crippen LogP contribution in [0.3, 0.4) is 0 Å². The summed E-state index contributed by atoms with van der Waals surface area (Å²) in [6.45, 7) is 6.17. The van der Waals surface area contributed by atoms with E-state index in [-0.39, 0.29) is 0 Å². The molecule has 0 aliphatic heterocycles. The molecule has 10 rings (SSSR count). The van der Waals surface area contributed by atoms with Gasteiger partial charge in [0.2, 0.25) is 5.78 Å². The number of nitrogens with zero attached hydrogens (tertiary/aromatic N) is 4. The third kappa shape index (κ3) is 6.19. The van der Waals surface area contributed by atoms with Gasteiger partial charge in [-0.15, -0.1) is 0 Å². The minimum absolute atomic E-state index is 0.875. The smallest absolute Gasteiger partial charge is 0.220 e. The maximum Gasteiger partial charge on any atom is 0.220 e. The van der Waals surface area contributed by atoms with Crippen LogP contribution in [0.5, 0.6) is 0 Å². The van der Waals surface area contributed by atoms with E-state index in [4.69, 9.17) is 9.97 Å². The van der Waals surface area contributed by atoms with Crippen LogP contribution < -0.4 is 0 Å². The molecule has 0 aliphatic carbocycles. The molecule has 59 heavy (non-hydrogen) atoms. The van der Waals surface area contributed by atoms with Crippen LogP contribution >= 0.6 is 0 Å². The van der Waals surface area contributed by atoms with Gasteiger partial charge in [-0.2, -0.15) is 0 Å². The molecule has 280 valence electrons. The van der Waals surface area contributed by atoms with Crippen LogP contribution in [0.1, 0.15) is 12.5 Å². The van der Waals surface area contributed by atoms with E-state index in [1.165, 1.54) is 0 Å². The van der Waals surface area contributed by atoms with E-state index in [0.29, 0.717) is 0 Å². The molecule has 3 heterocycles. The van der Waals surface area contributed by atoms with E-state index in [1.54, 1.807) is 0 Å². The highest BCUT2D eigenvalue weighted by molar-refractivity contribution is 6.12. The van der Waals surface area contributed by atoms with Crippen LogP contribution in [0.25, 0.3) is 94.9 Å². The summed E-state index contributed by atoms with van der Waals surface area (Å²) in [5.41, 5.74) is 18.5. The lowest BCUT2D eigenvalue weighted by Gasteiger charge is -2.28. The summed E-state index contributed by atoms with van der Waals surface area (Å²) < 4.78 is 4.58. The van der Waals surface area contributed by atoms with Gasteiger partial charge in [0.15, 0.2) is 0 Å². The highest BCUT2D eigenvalue weighted by atomic mass is 15.2. The third-order valence-electron chi connectivity index (χ3n) is 11.1. The third-order valence-corrected chi connectivity index (χ3v) is 11.1. The molecule has 0 fully saturated rings. The average molecular weight is 757 g/mol. The molecule has 0 radical (unpaired) electrons. The molecular weight excluding hydrogens is 717 g/mol. The number of allylic oxidation sites excluding steroid dienone is 5. The lowest BCUT2D eigenvalue weighted by Crippen LogP contribution is -2.04. The van der Waals surface area contributed by atoms with Crippen LogP contribution in [0.4, 0.5) is 0 Å². The molecule has 0 aliphatic rings. The summed E-state index contributed by atoms with van der Waals surface area (Å²) >= 11 is 0. The van der Waals surface area contributed by atoms with E-state index >= 15 is 0 Å². The zero-order valence-corrected chi connectivity index (χ0v) is 32.7. The number of imidazole rings is 2. The van der Waals surface area contributed by atoms with E-state index < -0.39 is 0 Å². The Morgan fingerprint density at radius 2 is 1.07 bits per heavy atom. The highest BCUT2D eigenvalue weighted by Crippen LogP contribution is 2.54. The zero-order chi connectivity index (χ0) is 39.7. The van der Waals surface area contributed by atoms with Crippen molar-refractivity contribution >= 4 is 33.4 Å². The fourth-order valence-electron chi connectivity index (χ4n) is 8.65. The summed E-state index contributed by atoms with van der Waals surface area (Å²) in [5, 5.41) is 0. The predicted molar refractivity (Wildman–Crippen MR) is 247 cm³/mol. The lowest BCUT2D eigenvalue weighted by atomic mass is 9.75. The molecule has 0 amide bonds. The van der Waals surface area contributed by atoms with Gasteiger partial charge >= 0.3 is 0 Å². The Morgan fingerprint density at radius 1 is 0.508 bits per heavy atom. The second-order valence-electron chi connectivity index (χ2n) is 14.6. The molecule has 4 nitrogen and oxygen atoms in total. The molecule has 0 N–H and O–H groups in total. The largest absolute Gasteiger partial charge is 0.278 e. The van der Waals surface area contributed by atoms with Crippen molar-refractivity contribution in [3.63, 3.8) is 0 Å². The maximum absolute atomic E-state index is 5.23. The summed E-state index contributed by atoms with van der Waals surface area (Å²) in [6, 6.07) is 64.6. The molecule has 0 saturated heterocycles. The molecule has 4 heteroatoms. The minimum Gasteiger partial charge on any atom is -0.278 e. The van der Waals surface area contributed by atoms with Crippen molar-refractivity contribution in [2.45, 2.75) is 6.92 Å². The first-order valence-corrected chi connectivity index (χ1v) is 20.0. The number of hydrogen-bond acceptors (Lipinski definition) is 2. The molecule has 0 unspecified atom stereocenters. The van der Waals surface area contributed by atoms with Gasteiger partial charge < -0.3 is 0 Å². The van der Waals surface area contributed by atoms with Gasteiger partial charge in [0.05, 0.1) is 27.8 Å². The average Bonchev–Trinajstić information content (AvgIpc) is 3.84. The molecule has 0 bridgehead atoms. The summed E-state index contributed by atoms with van der Waals surface area (Å²) in [5.74, 6) is 0.875. The van der Waals surface area contributed by atoms with Gasteiger partial charge in [0.1, 0.15) is 0 Å². The number of para-hydroxylation sites is 4. The number of pyridine rings is 1. The first-order chi connectivity index (χ1) is 29.2. The Morgan fingerprint density at radius 3 is 1.73 bits per heavy atom. The van der Waals surface area contributed by atoms with Crippen molar-refractivity contribution in [2.24, 2.45) is 0 Å². The first-order valence-electron chi connectivity index (χ1n) is 20.0. The number of hydrogen-bond donors (Lipinski definition) is 0. The Balaban J connectivity index is 1.41. The number of aromatic nitrogens is 4. The van der Waals surface area contributed by atoms with Crippen molar-refractivity contribution in [1.82, 2.24) is 18.9 Å². The Kier molecular flexibility index (Phi) is 9.20. The Bertz CT molecular complexity index is 3210. The predicted octanol–water partition coefficient (Wildman–Crippen LogP) is 14.3. The Hall–Kier alpha value is -7.82. The molecule has 10 aromatic rings. The van der Waals surface area contributed by atoms with Crippen molar-refractivity contribution in [1.29, 1.82) is 0 Å². The molecule has 0 spiro atoms. The second-order valence-corrected chi connectivity index (χ2v) is 14.6. The number of benzene rings is 7. The van der Waals surface area contributed by atoms with Crippen LogP contribution in [0, 0.1) is 0 Å². The fourth-order valence-corrected chi connectivity index (χ4v) is 8.65. The Labute approximate surface area is 344 Å². The van der Waals surface area contributed by atoms with Crippen LogP contribution in [-0.2, 0) is 0 Å². The molecule has 0 saturated carbocycles. The SMILES string of the molecule is C=C/C=C\C=C(/C)c1c(-c2ccccc2)c(-c2cccc(-n3c4ccccc4n4c5ccccc5nc34)c2)c(-c2ccccc2)c(-c2ccccc2)c1-c1ccccn1. The maximum atomic E-state index is 5.23. The summed E-state index contributed by atoms with van der Waals surface area (Å²) in [6.07, 6.45) is 9.96. The quantitative estimate of drug-likeness (QED) is 0.138. The monoisotopic (exact) mass is 756 g/mol. The van der Waals surface area contributed by atoms with Gasteiger partial charge in [-0.05, 0) is 106 Å². The first kappa shape index (κ1) is 35.6. The fraction of sp³-hybridized carbons (Fsp3) is 0.0182. The van der Waals surface area contributed by atoms with Gasteiger partial charge in [-0.3, -0.25) is 14.0 Å². The molecule has 3 aromatic heterocycles. The zero-order valence-electron chi connectivity index (χ0n) is 32.7. The lowest BCUT2D eigenvalue weighted by molar-refractivity contribution is 1.11. The van der Waals surface area contributed by atoms with Crippen molar-refractivity contribution in [3.8, 4) is 61.5 Å². The molecular formula is C55H40N4. The van der Waals surface area contributed by atoms with E-state index in [9.17, 15) is 0 Å². The second kappa shape index (κ2) is 15.3. The standard InChI is InChI=1S/C55H40N4/c1-3-4-8-22-38(2)49-50(39-23-9-5-10-24-39)53(51(40-25-11-6-12-26-40)52(41-27-13-7-14-28-41)54(49)45-32-19-20-36-56-45)42-29-21-30-43(37-42)58-47-34-17-18-35-48(47)59-46-33-16-15-31-44(46)57-55(58)59/h3-37H,1H2,2H3/b8-4-,38-22+.